The second kappa shape index (κ2) is 5.91. The van der Waals surface area contributed by atoms with E-state index in [1.807, 2.05) is 0 Å². The van der Waals surface area contributed by atoms with Crippen LogP contribution in [0, 0.1) is 0 Å². The average molecular weight is 301 g/mol. The van der Waals surface area contributed by atoms with Crippen molar-refractivity contribution < 1.29 is 27.9 Å². The van der Waals surface area contributed by atoms with E-state index in [2.05, 4.69) is 5.32 Å². The number of sulfone groups is 1. The molecule has 20 heavy (non-hydrogen) atoms. The number of rotatable bonds is 5. The van der Waals surface area contributed by atoms with Gasteiger partial charge in [-0.05, 0) is 25.1 Å². The van der Waals surface area contributed by atoms with Crippen molar-refractivity contribution >= 4 is 27.4 Å². The summed E-state index contributed by atoms with van der Waals surface area (Å²) in [5.74, 6) is -1.73. The molecule has 1 rings (SSSR count). The molecule has 0 radical (unpaired) electrons. The highest BCUT2D eigenvalue weighted by Gasteiger charge is 2.25. The van der Waals surface area contributed by atoms with E-state index >= 15 is 0 Å². The smallest absolute Gasteiger partial charge is 0.337 e. The molecule has 1 unspecified atom stereocenters. The largest absolute Gasteiger partial charge is 0.497 e. The SMILES string of the molecule is COc1ccc(NC(=O)C(C)S(C)(=O)=O)c(C(=O)O)c1. The Labute approximate surface area is 116 Å². The molecule has 7 nitrogen and oxygen atoms in total. The number of carbonyl (C=O) groups is 2. The Morgan fingerprint density at radius 1 is 1.35 bits per heavy atom. The summed E-state index contributed by atoms with van der Waals surface area (Å²) in [6, 6.07) is 4.05. The molecule has 0 aliphatic heterocycles. The lowest BCUT2D eigenvalue weighted by Gasteiger charge is -2.13. The van der Waals surface area contributed by atoms with E-state index in [1.54, 1.807) is 0 Å². The van der Waals surface area contributed by atoms with Crippen molar-refractivity contribution in [2.24, 2.45) is 0 Å². The predicted molar refractivity (Wildman–Crippen MR) is 72.9 cm³/mol. The van der Waals surface area contributed by atoms with Crippen molar-refractivity contribution in [2.75, 3.05) is 18.7 Å². The highest BCUT2D eigenvalue weighted by atomic mass is 32.2. The molecular weight excluding hydrogens is 286 g/mol. The monoisotopic (exact) mass is 301 g/mol. The molecule has 1 amide bonds. The number of amides is 1. The molecule has 0 aliphatic rings. The second-order valence-electron chi connectivity index (χ2n) is 4.18. The predicted octanol–water partition coefficient (Wildman–Crippen LogP) is 0.765. The minimum Gasteiger partial charge on any atom is -0.497 e. The van der Waals surface area contributed by atoms with E-state index in [4.69, 9.17) is 9.84 Å². The summed E-state index contributed by atoms with van der Waals surface area (Å²) in [4.78, 5) is 22.9. The quantitative estimate of drug-likeness (QED) is 0.831. The van der Waals surface area contributed by atoms with Crippen LogP contribution in [-0.4, -0.2) is 44.0 Å². The van der Waals surface area contributed by atoms with Gasteiger partial charge in [-0.15, -0.1) is 0 Å². The topological polar surface area (TPSA) is 110 Å². The molecular formula is C12H15NO6S. The normalized spacial score (nSPS) is 12.6. The van der Waals surface area contributed by atoms with Gasteiger partial charge in [-0.25, -0.2) is 13.2 Å². The molecule has 0 spiro atoms. The Balaban J connectivity index is 3.09. The molecule has 8 heteroatoms. The molecule has 0 bridgehead atoms. The van der Waals surface area contributed by atoms with E-state index in [0.29, 0.717) is 5.75 Å². The van der Waals surface area contributed by atoms with Gasteiger partial charge in [0.05, 0.1) is 18.4 Å². The molecule has 0 saturated carbocycles. The molecule has 110 valence electrons. The van der Waals surface area contributed by atoms with Crippen LogP contribution in [-0.2, 0) is 14.6 Å². The molecule has 0 heterocycles. The number of hydrogen-bond acceptors (Lipinski definition) is 5. The van der Waals surface area contributed by atoms with Crippen LogP contribution in [0.25, 0.3) is 0 Å². The van der Waals surface area contributed by atoms with Gasteiger partial charge in [-0.2, -0.15) is 0 Å². The van der Waals surface area contributed by atoms with Crippen LogP contribution in [0.5, 0.6) is 5.75 Å². The number of nitrogens with one attached hydrogen (secondary N) is 1. The van der Waals surface area contributed by atoms with Gasteiger partial charge in [-0.1, -0.05) is 0 Å². The zero-order chi connectivity index (χ0) is 15.5. The highest BCUT2D eigenvalue weighted by Crippen LogP contribution is 2.22. The van der Waals surface area contributed by atoms with Gasteiger partial charge in [0.1, 0.15) is 11.0 Å². The lowest BCUT2D eigenvalue weighted by molar-refractivity contribution is -0.115. The molecule has 1 atom stereocenters. The summed E-state index contributed by atoms with van der Waals surface area (Å²) >= 11 is 0. The molecule has 0 aromatic heterocycles. The Bertz CT molecular complexity index is 637. The van der Waals surface area contributed by atoms with E-state index in [9.17, 15) is 18.0 Å². The van der Waals surface area contributed by atoms with Gasteiger partial charge in [0.25, 0.3) is 0 Å². The molecule has 0 fully saturated rings. The fraction of sp³-hybridized carbons (Fsp3) is 0.333. The van der Waals surface area contributed by atoms with Crippen LogP contribution >= 0.6 is 0 Å². The maximum atomic E-state index is 11.8. The number of aromatic carboxylic acids is 1. The van der Waals surface area contributed by atoms with E-state index < -0.39 is 27.0 Å². The van der Waals surface area contributed by atoms with Crippen molar-refractivity contribution in [3.8, 4) is 5.75 Å². The zero-order valence-corrected chi connectivity index (χ0v) is 12.0. The van der Waals surface area contributed by atoms with Crippen molar-refractivity contribution in [3.63, 3.8) is 0 Å². The highest BCUT2D eigenvalue weighted by molar-refractivity contribution is 7.92. The Morgan fingerprint density at radius 3 is 2.40 bits per heavy atom. The Kier molecular flexibility index (Phi) is 4.72. The third-order valence-corrected chi connectivity index (χ3v) is 4.23. The van der Waals surface area contributed by atoms with Gasteiger partial charge >= 0.3 is 5.97 Å². The van der Waals surface area contributed by atoms with Crippen LogP contribution in [0.2, 0.25) is 0 Å². The lowest BCUT2D eigenvalue weighted by Crippen LogP contribution is -2.32. The van der Waals surface area contributed by atoms with Gasteiger partial charge in [0.15, 0.2) is 9.84 Å². The maximum Gasteiger partial charge on any atom is 0.337 e. The first kappa shape index (κ1) is 16.0. The second-order valence-corrected chi connectivity index (χ2v) is 6.54. The Hall–Kier alpha value is -2.09. The van der Waals surface area contributed by atoms with Crippen LogP contribution < -0.4 is 10.1 Å². The maximum absolute atomic E-state index is 11.8. The number of anilines is 1. The van der Waals surface area contributed by atoms with E-state index in [1.165, 1.54) is 32.2 Å². The first-order chi connectivity index (χ1) is 9.16. The summed E-state index contributed by atoms with van der Waals surface area (Å²) < 4.78 is 27.5. The number of hydrogen-bond donors (Lipinski definition) is 2. The van der Waals surface area contributed by atoms with Crippen LogP contribution in [0.1, 0.15) is 17.3 Å². The molecule has 1 aromatic rings. The number of carboxylic acids is 1. The Morgan fingerprint density at radius 2 is 1.95 bits per heavy atom. The minimum absolute atomic E-state index is 0.0128. The number of ether oxygens (including phenoxy) is 1. The summed E-state index contributed by atoms with van der Waals surface area (Å²) in [7, 11) is -2.17. The van der Waals surface area contributed by atoms with Gasteiger partial charge in [0.2, 0.25) is 5.91 Å². The van der Waals surface area contributed by atoms with Crippen molar-refractivity contribution in [3.05, 3.63) is 23.8 Å². The average Bonchev–Trinajstić information content (AvgIpc) is 2.36. The van der Waals surface area contributed by atoms with Crippen molar-refractivity contribution in [1.82, 2.24) is 0 Å². The number of benzene rings is 1. The van der Waals surface area contributed by atoms with Crippen molar-refractivity contribution in [2.45, 2.75) is 12.2 Å². The third-order valence-electron chi connectivity index (χ3n) is 2.73. The molecule has 0 saturated heterocycles. The fourth-order valence-corrected chi connectivity index (χ4v) is 1.81. The van der Waals surface area contributed by atoms with Crippen LogP contribution in [0.4, 0.5) is 5.69 Å². The first-order valence-electron chi connectivity index (χ1n) is 5.58. The molecule has 0 aliphatic carbocycles. The van der Waals surface area contributed by atoms with E-state index in [0.717, 1.165) is 6.26 Å². The minimum atomic E-state index is -3.55. The summed E-state index contributed by atoms with van der Waals surface area (Å²) in [6.07, 6.45) is 0.934. The lowest BCUT2D eigenvalue weighted by atomic mass is 10.1. The summed E-state index contributed by atoms with van der Waals surface area (Å²) in [5.41, 5.74) is -0.169. The van der Waals surface area contributed by atoms with Gasteiger partial charge in [-0.3, -0.25) is 4.79 Å². The zero-order valence-electron chi connectivity index (χ0n) is 11.2. The van der Waals surface area contributed by atoms with Gasteiger partial charge in [0, 0.05) is 6.26 Å². The third kappa shape index (κ3) is 3.70. The fourth-order valence-electron chi connectivity index (χ4n) is 1.37. The summed E-state index contributed by atoms with van der Waals surface area (Å²) in [5, 5.41) is 10.1. The first-order valence-corrected chi connectivity index (χ1v) is 7.53. The number of carbonyl (C=O) groups excluding carboxylic acids is 1. The molecule has 2 N–H and O–H groups in total. The number of carboxylic acid groups (broad SMARTS) is 1. The standard InChI is InChI=1S/C12H15NO6S/c1-7(20(3,17)18)11(14)13-10-5-4-8(19-2)6-9(10)12(15)16/h4-7H,1-3H3,(H,13,14)(H,15,16). The van der Waals surface area contributed by atoms with E-state index in [-0.39, 0.29) is 11.3 Å². The van der Waals surface area contributed by atoms with Crippen LogP contribution in [0.15, 0.2) is 18.2 Å². The molecule has 1 aromatic carbocycles. The van der Waals surface area contributed by atoms with Gasteiger partial charge < -0.3 is 15.2 Å². The number of methoxy groups -OCH3 is 1. The van der Waals surface area contributed by atoms with Crippen LogP contribution in [0.3, 0.4) is 0 Å². The summed E-state index contributed by atoms with van der Waals surface area (Å²) in [6.45, 7) is 1.23. The van der Waals surface area contributed by atoms with Crippen molar-refractivity contribution in [1.29, 1.82) is 0 Å².